The molecule has 4 rings (SSSR count). The Morgan fingerprint density at radius 2 is 2.12 bits per heavy atom. The van der Waals surface area contributed by atoms with Crippen molar-refractivity contribution in [1.29, 1.82) is 0 Å². The van der Waals surface area contributed by atoms with Crippen LogP contribution in [-0.4, -0.2) is 42.7 Å². The van der Waals surface area contributed by atoms with E-state index in [1.165, 1.54) is 0 Å². The van der Waals surface area contributed by atoms with Gasteiger partial charge in [0.15, 0.2) is 0 Å². The molecule has 0 amide bonds. The van der Waals surface area contributed by atoms with Gasteiger partial charge in [-0.05, 0) is 60.1 Å². The van der Waals surface area contributed by atoms with Gasteiger partial charge < -0.3 is 10.3 Å². The number of nitrogens with one attached hydrogen (secondary N) is 2. The minimum Gasteiger partial charge on any atom is -0.346 e. The van der Waals surface area contributed by atoms with Crippen molar-refractivity contribution in [3.8, 4) is 0 Å². The third-order valence-corrected chi connectivity index (χ3v) is 5.27. The van der Waals surface area contributed by atoms with Crippen molar-refractivity contribution in [3.63, 3.8) is 0 Å². The van der Waals surface area contributed by atoms with Gasteiger partial charge in [-0.3, -0.25) is 0 Å². The smallest absolute Gasteiger partial charge is 0.313 e. The Morgan fingerprint density at radius 3 is 2.88 bits per heavy atom. The first-order chi connectivity index (χ1) is 12.0. The molecule has 3 heterocycles. The fourth-order valence-electron chi connectivity index (χ4n) is 3.75. The van der Waals surface area contributed by atoms with Crippen LogP contribution in [0.2, 0.25) is 0 Å². The highest BCUT2D eigenvalue weighted by atomic mass is 79.9. The van der Waals surface area contributed by atoms with Crippen LogP contribution in [-0.2, 0) is 0 Å². The lowest BCUT2D eigenvalue weighted by molar-refractivity contribution is 0.111. The third kappa shape index (κ3) is 3.52. The molecule has 134 valence electrons. The number of aromatic amines is 1. The van der Waals surface area contributed by atoms with Crippen LogP contribution >= 0.6 is 15.9 Å². The molecule has 3 aromatic heterocycles. The molecule has 0 unspecified atom stereocenters. The van der Waals surface area contributed by atoms with Gasteiger partial charge in [-0.2, -0.15) is 8.78 Å². The molecule has 0 aliphatic heterocycles. The zero-order valence-corrected chi connectivity index (χ0v) is 15.1. The number of rotatable bonds is 5. The number of H-pyrrole nitrogens is 1. The van der Waals surface area contributed by atoms with E-state index in [1.54, 1.807) is 10.8 Å². The Bertz CT molecular complexity index is 862. The van der Waals surface area contributed by atoms with Crippen molar-refractivity contribution in [3.05, 3.63) is 24.3 Å². The minimum absolute atomic E-state index is 0.332. The summed E-state index contributed by atoms with van der Waals surface area (Å²) in [6.07, 6.45) is 7.56. The fourth-order valence-corrected chi connectivity index (χ4v) is 3.95. The van der Waals surface area contributed by atoms with Crippen LogP contribution in [0.4, 0.5) is 8.78 Å². The average molecular weight is 413 g/mol. The molecule has 1 aliphatic carbocycles. The normalized spacial score (nSPS) is 22.0. The summed E-state index contributed by atoms with van der Waals surface area (Å²) in [6, 6.07) is 2.00. The molecule has 0 saturated heterocycles. The Morgan fingerprint density at radius 1 is 1.32 bits per heavy atom. The van der Waals surface area contributed by atoms with E-state index in [4.69, 9.17) is 0 Å². The summed E-state index contributed by atoms with van der Waals surface area (Å²) in [5, 5.41) is 12.5. The van der Waals surface area contributed by atoms with Crippen LogP contribution in [0.5, 0.6) is 0 Å². The van der Waals surface area contributed by atoms with Gasteiger partial charge in [0.25, 0.3) is 0 Å². The predicted molar refractivity (Wildman–Crippen MR) is 94.1 cm³/mol. The number of hydrogen-bond donors (Lipinski definition) is 2. The van der Waals surface area contributed by atoms with Gasteiger partial charge in [0.05, 0.1) is 12.2 Å². The van der Waals surface area contributed by atoms with Gasteiger partial charge in [0, 0.05) is 17.5 Å². The van der Waals surface area contributed by atoms with Crippen LogP contribution in [0.25, 0.3) is 16.6 Å². The zero-order chi connectivity index (χ0) is 17.4. The topological polar surface area (TPSA) is 70.9 Å². The highest BCUT2D eigenvalue weighted by Gasteiger charge is 2.28. The van der Waals surface area contributed by atoms with Crippen LogP contribution in [0.15, 0.2) is 18.6 Å². The summed E-state index contributed by atoms with van der Waals surface area (Å²) >= 11 is 2.36. The highest BCUT2D eigenvalue weighted by Crippen LogP contribution is 2.37. The molecule has 9 heteroatoms. The maximum absolute atomic E-state index is 12.8. The monoisotopic (exact) mass is 412 g/mol. The second-order valence-electron chi connectivity index (χ2n) is 6.72. The van der Waals surface area contributed by atoms with E-state index in [1.807, 2.05) is 12.3 Å². The van der Waals surface area contributed by atoms with Crippen LogP contribution in [0.1, 0.15) is 37.3 Å². The number of nitrogens with zero attached hydrogens (tertiary/aromatic N) is 4. The lowest BCUT2D eigenvalue weighted by atomic mass is 9.80. The van der Waals surface area contributed by atoms with E-state index in [2.05, 4.69) is 41.5 Å². The molecule has 1 aliphatic rings. The lowest BCUT2D eigenvalue weighted by Crippen LogP contribution is -2.33. The zero-order valence-electron chi connectivity index (χ0n) is 13.6. The summed E-state index contributed by atoms with van der Waals surface area (Å²) in [4.78, 5) is 4.61. The second-order valence-corrected chi connectivity index (χ2v) is 7.88. The molecule has 25 heavy (non-hydrogen) atoms. The summed E-state index contributed by atoms with van der Waals surface area (Å²) in [5.74, 6) is 0.786. The number of halogens is 3. The van der Waals surface area contributed by atoms with E-state index in [0.29, 0.717) is 18.4 Å². The van der Waals surface area contributed by atoms with Crippen molar-refractivity contribution < 1.29 is 8.78 Å². The van der Waals surface area contributed by atoms with Gasteiger partial charge >= 0.3 is 4.83 Å². The molecule has 0 aromatic carbocycles. The number of aromatic nitrogens is 5. The van der Waals surface area contributed by atoms with E-state index >= 15 is 0 Å². The Balaban J connectivity index is 1.44. The predicted octanol–water partition coefficient (Wildman–Crippen LogP) is 3.46. The Kier molecular flexibility index (Phi) is 4.45. The minimum atomic E-state index is -2.83. The standard InChI is InChI=1S/C16H19BrF2N6/c17-16(18,19)8-20-7-10-1-3-11(4-2-10)13-14-12-5-6-21-15(12)22-9-25(14)24-23-13/h5-6,9-11,20-21H,1-4,7-8H2. The van der Waals surface area contributed by atoms with Gasteiger partial charge in [-0.1, -0.05) is 5.21 Å². The lowest BCUT2D eigenvalue weighted by Gasteiger charge is -2.28. The maximum atomic E-state index is 12.8. The Labute approximate surface area is 151 Å². The summed E-state index contributed by atoms with van der Waals surface area (Å²) in [6.45, 7) is 0.295. The molecule has 0 atom stereocenters. The third-order valence-electron chi connectivity index (χ3n) is 4.99. The van der Waals surface area contributed by atoms with Gasteiger partial charge in [-0.25, -0.2) is 9.50 Å². The number of alkyl halides is 3. The average Bonchev–Trinajstić information content (AvgIpc) is 3.20. The Hall–Kier alpha value is -1.61. The van der Waals surface area contributed by atoms with Crippen LogP contribution < -0.4 is 5.32 Å². The van der Waals surface area contributed by atoms with Crippen LogP contribution in [0.3, 0.4) is 0 Å². The molecule has 3 aromatic rings. The number of hydrogen-bond acceptors (Lipinski definition) is 4. The van der Waals surface area contributed by atoms with E-state index in [0.717, 1.165) is 47.9 Å². The second kappa shape index (κ2) is 6.60. The molecule has 6 nitrogen and oxygen atoms in total. The fraction of sp³-hybridized carbons (Fsp3) is 0.562. The molecule has 0 radical (unpaired) electrons. The maximum Gasteiger partial charge on any atom is 0.313 e. The van der Waals surface area contributed by atoms with Gasteiger partial charge in [0.1, 0.15) is 17.5 Å². The van der Waals surface area contributed by atoms with Crippen molar-refractivity contribution >= 4 is 32.5 Å². The van der Waals surface area contributed by atoms with Crippen molar-refractivity contribution in [2.45, 2.75) is 36.4 Å². The van der Waals surface area contributed by atoms with Gasteiger partial charge in [-0.15, -0.1) is 5.10 Å². The SMILES string of the molecule is FC(F)(Br)CNCC1CCC(c2nnn3cnc4[nH]ccc4c23)CC1. The van der Waals surface area contributed by atoms with Gasteiger partial charge in [0.2, 0.25) is 0 Å². The molecule has 1 fully saturated rings. The molecule has 0 bridgehead atoms. The quantitative estimate of drug-likeness (QED) is 0.629. The molecular weight excluding hydrogens is 394 g/mol. The van der Waals surface area contributed by atoms with E-state index in [-0.39, 0.29) is 6.54 Å². The first-order valence-corrected chi connectivity index (χ1v) is 9.25. The first kappa shape index (κ1) is 16.8. The molecule has 2 N–H and O–H groups in total. The number of fused-ring (bicyclic) bond motifs is 3. The largest absolute Gasteiger partial charge is 0.346 e. The van der Waals surface area contributed by atoms with Crippen molar-refractivity contribution in [1.82, 2.24) is 30.1 Å². The highest BCUT2D eigenvalue weighted by molar-refractivity contribution is 9.10. The van der Waals surface area contributed by atoms with E-state index in [9.17, 15) is 8.78 Å². The van der Waals surface area contributed by atoms with Crippen LogP contribution in [0, 0.1) is 5.92 Å². The molecule has 0 spiro atoms. The summed E-state index contributed by atoms with van der Waals surface area (Å²) in [7, 11) is 0. The molecular formula is C16H19BrF2N6. The first-order valence-electron chi connectivity index (χ1n) is 8.46. The summed E-state index contributed by atoms with van der Waals surface area (Å²) < 4.78 is 27.3. The van der Waals surface area contributed by atoms with Crippen molar-refractivity contribution in [2.75, 3.05) is 13.1 Å². The summed E-state index contributed by atoms with van der Waals surface area (Å²) in [5.41, 5.74) is 2.88. The molecule has 1 saturated carbocycles. The van der Waals surface area contributed by atoms with Crippen molar-refractivity contribution in [2.24, 2.45) is 5.92 Å². The van der Waals surface area contributed by atoms with E-state index < -0.39 is 4.83 Å².